The van der Waals surface area contributed by atoms with E-state index in [1.54, 1.807) is 6.20 Å². The maximum atomic E-state index is 12.0. The summed E-state index contributed by atoms with van der Waals surface area (Å²) >= 11 is 0. The molecule has 1 aliphatic rings. The van der Waals surface area contributed by atoms with Crippen molar-refractivity contribution in [2.45, 2.75) is 25.1 Å². The molecule has 2 heterocycles. The van der Waals surface area contributed by atoms with Gasteiger partial charge in [-0.3, -0.25) is 9.48 Å². The lowest BCUT2D eigenvalue weighted by Gasteiger charge is -2.13. The summed E-state index contributed by atoms with van der Waals surface area (Å²) in [5.74, 6) is -0.131. The van der Waals surface area contributed by atoms with Gasteiger partial charge in [-0.2, -0.15) is 5.10 Å². The third-order valence-electron chi connectivity index (χ3n) is 3.64. The highest BCUT2D eigenvalue weighted by atomic mass is 16.5. The molecule has 6 heteroatoms. The zero-order valence-corrected chi connectivity index (χ0v) is 12.2. The molecule has 1 aromatic carbocycles. The summed E-state index contributed by atoms with van der Waals surface area (Å²) in [5.41, 5.74) is 2.01. The first-order valence-electron chi connectivity index (χ1n) is 7.31. The minimum Gasteiger partial charge on any atom is -0.388 e. The molecule has 0 spiro atoms. The average molecular weight is 301 g/mol. The fourth-order valence-corrected chi connectivity index (χ4v) is 2.48. The van der Waals surface area contributed by atoms with E-state index >= 15 is 0 Å². The van der Waals surface area contributed by atoms with Gasteiger partial charge in [-0.05, 0) is 11.1 Å². The highest BCUT2D eigenvalue weighted by Crippen LogP contribution is 2.07. The maximum Gasteiger partial charge on any atom is 0.224 e. The highest BCUT2D eigenvalue weighted by molar-refractivity contribution is 5.78. The third kappa shape index (κ3) is 3.72. The van der Waals surface area contributed by atoms with E-state index in [2.05, 4.69) is 10.4 Å². The Balaban J connectivity index is 1.54. The van der Waals surface area contributed by atoms with E-state index in [1.165, 1.54) is 0 Å². The predicted molar refractivity (Wildman–Crippen MR) is 80.2 cm³/mol. The molecule has 2 aromatic rings. The van der Waals surface area contributed by atoms with E-state index in [1.807, 2.05) is 41.2 Å². The second kappa shape index (κ2) is 6.72. The van der Waals surface area contributed by atoms with Gasteiger partial charge < -0.3 is 15.2 Å². The van der Waals surface area contributed by atoms with Crippen molar-refractivity contribution in [3.63, 3.8) is 0 Å². The molecule has 1 fully saturated rings. The van der Waals surface area contributed by atoms with Crippen LogP contribution in [0.4, 0.5) is 0 Å². The van der Waals surface area contributed by atoms with Crippen LogP contribution in [-0.4, -0.2) is 46.2 Å². The molecule has 1 aromatic heterocycles. The Morgan fingerprint density at radius 3 is 2.86 bits per heavy atom. The van der Waals surface area contributed by atoms with Crippen molar-refractivity contribution < 1.29 is 14.6 Å². The average Bonchev–Trinajstić information content (AvgIpc) is 3.10. The molecule has 0 aliphatic carbocycles. The summed E-state index contributed by atoms with van der Waals surface area (Å²) < 4.78 is 6.92. The van der Waals surface area contributed by atoms with Gasteiger partial charge in [-0.1, -0.05) is 30.3 Å². The summed E-state index contributed by atoms with van der Waals surface area (Å²) in [6.45, 7) is 1.32. The lowest BCUT2D eigenvalue weighted by atomic mass is 10.2. The number of rotatable bonds is 5. The van der Waals surface area contributed by atoms with Crippen molar-refractivity contribution in [1.29, 1.82) is 0 Å². The third-order valence-corrected chi connectivity index (χ3v) is 3.64. The van der Waals surface area contributed by atoms with Gasteiger partial charge in [0, 0.05) is 6.20 Å². The maximum absolute atomic E-state index is 12.0. The molecule has 1 amide bonds. The quantitative estimate of drug-likeness (QED) is 0.835. The van der Waals surface area contributed by atoms with Crippen molar-refractivity contribution >= 4 is 5.91 Å². The Hall–Kier alpha value is -2.18. The second-order valence-electron chi connectivity index (χ2n) is 5.49. The highest BCUT2D eigenvalue weighted by Gasteiger charge is 2.27. The molecule has 2 atom stereocenters. The van der Waals surface area contributed by atoms with Crippen molar-refractivity contribution in [1.82, 2.24) is 15.1 Å². The normalized spacial score (nSPS) is 21.0. The van der Waals surface area contributed by atoms with Gasteiger partial charge in [0.25, 0.3) is 0 Å². The van der Waals surface area contributed by atoms with Crippen LogP contribution < -0.4 is 5.32 Å². The number of carbonyl (C=O) groups is 1. The minimum atomic E-state index is -0.621. The number of amides is 1. The first-order valence-corrected chi connectivity index (χ1v) is 7.31. The number of benzene rings is 1. The number of nitrogens with zero attached hydrogens (tertiary/aromatic N) is 2. The fourth-order valence-electron chi connectivity index (χ4n) is 2.48. The molecule has 0 bridgehead atoms. The lowest BCUT2D eigenvalue weighted by Crippen LogP contribution is -2.43. The summed E-state index contributed by atoms with van der Waals surface area (Å²) in [5, 5.41) is 16.7. The van der Waals surface area contributed by atoms with Crippen molar-refractivity contribution in [2.75, 3.05) is 13.2 Å². The largest absolute Gasteiger partial charge is 0.388 e. The van der Waals surface area contributed by atoms with Gasteiger partial charge in [0.15, 0.2) is 0 Å². The van der Waals surface area contributed by atoms with Crippen LogP contribution in [0.1, 0.15) is 11.1 Å². The number of hydrogen-bond donors (Lipinski definition) is 2. The Labute approximate surface area is 128 Å². The minimum absolute atomic E-state index is 0.131. The number of hydrogen-bond acceptors (Lipinski definition) is 4. The van der Waals surface area contributed by atoms with Gasteiger partial charge in [0.05, 0.1) is 44.5 Å². The first-order chi connectivity index (χ1) is 10.7. The second-order valence-corrected chi connectivity index (χ2v) is 5.49. The fraction of sp³-hybridized carbons (Fsp3) is 0.375. The molecule has 1 aliphatic heterocycles. The molecule has 2 N–H and O–H groups in total. The predicted octanol–water partition coefficient (Wildman–Crippen LogP) is 0.350. The molecule has 0 saturated carbocycles. The number of aliphatic hydroxyl groups excluding tert-OH is 1. The van der Waals surface area contributed by atoms with Crippen molar-refractivity contribution in [3.05, 3.63) is 53.9 Å². The Bertz CT molecular complexity index is 627. The number of aromatic nitrogens is 2. The Morgan fingerprint density at radius 1 is 1.32 bits per heavy atom. The molecule has 22 heavy (non-hydrogen) atoms. The van der Waals surface area contributed by atoms with Crippen LogP contribution in [0.5, 0.6) is 0 Å². The molecular weight excluding hydrogens is 282 g/mol. The number of aliphatic hydroxyl groups is 1. The number of ether oxygens (including phenoxy) is 1. The van der Waals surface area contributed by atoms with E-state index in [0.717, 1.165) is 11.1 Å². The van der Waals surface area contributed by atoms with E-state index in [-0.39, 0.29) is 25.0 Å². The lowest BCUT2D eigenvalue weighted by molar-refractivity contribution is -0.121. The topological polar surface area (TPSA) is 76.4 Å². The molecular formula is C16H19N3O3. The monoisotopic (exact) mass is 301 g/mol. The molecule has 116 valence electrons. The van der Waals surface area contributed by atoms with Crippen LogP contribution in [0.15, 0.2) is 42.7 Å². The summed E-state index contributed by atoms with van der Waals surface area (Å²) in [7, 11) is 0. The summed E-state index contributed by atoms with van der Waals surface area (Å²) in [6.07, 6.45) is 3.20. The van der Waals surface area contributed by atoms with E-state index < -0.39 is 6.10 Å². The van der Waals surface area contributed by atoms with Gasteiger partial charge >= 0.3 is 0 Å². The van der Waals surface area contributed by atoms with Gasteiger partial charge in [-0.15, -0.1) is 0 Å². The first kappa shape index (κ1) is 14.7. The van der Waals surface area contributed by atoms with Crippen LogP contribution in [0.25, 0.3) is 0 Å². The van der Waals surface area contributed by atoms with Crippen LogP contribution in [-0.2, 0) is 22.5 Å². The van der Waals surface area contributed by atoms with Crippen LogP contribution >= 0.6 is 0 Å². The molecule has 3 rings (SSSR count). The smallest absolute Gasteiger partial charge is 0.224 e. The molecule has 1 saturated heterocycles. The van der Waals surface area contributed by atoms with Crippen LogP contribution in [0.2, 0.25) is 0 Å². The Morgan fingerprint density at radius 2 is 2.14 bits per heavy atom. The molecule has 6 nitrogen and oxygen atoms in total. The molecule has 0 unspecified atom stereocenters. The van der Waals surface area contributed by atoms with Gasteiger partial charge in [0.2, 0.25) is 5.91 Å². The van der Waals surface area contributed by atoms with Crippen LogP contribution in [0, 0.1) is 0 Å². The Kier molecular flexibility index (Phi) is 4.50. The van der Waals surface area contributed by atoms with Crippen molar-refractivity contribution in [2.24, 2.45) is 0 Å². The van der Waals surface area contributed by atoms with Gasteiger partial charge in [-0.25, -0.2) is 0 Å². The van der Waals surface area contributed by atoms with E-state index in [4.69, 9.17) is 4.74 Å². The van der Waals surface area contributed by atoms with Crippen molar-refractivity contribution in [3.8, 4) is 0 Å². The van der Waals surface area contributed by atoms with Gasteiger partial charge in [0.1, 0.15) is 0 Å². The SMILES string of the molecule is O=C(Cc1cnn(Cc2ccccc2)c1)N[C@H]1COC[C@H]1O. The molecule has 0 radical (unpaired) electrons. The zero-order valence-electron chi connectivity index (χ0n) is 12.2. The van der Waals surface area contributed by atoms with E-state index in [9.17, 15) is 9.90 Å². The van der Waals surface area contributed by atoms with E-state index in [0.29, 0.717) is 13.2 Å². The standard InChI is InChI=1S/C16H19N3O3/c20-15-11-22-10-14(15)18-16(21)6-13-7-17-19(9-13)8-12-4-2-1-3-5-12/h1-5,7,9,14-15,20H,6,8,10-11H2,(H,18,21)/t14-,15+/m0/s1. The zero-order chi connectivity index (χ0) is 15.4. The summed E-state index contributed by atoms with van der Waals surface area (Å²) in [4.78, 5) is 12.0. The van der Waals surface area contributed by atoms with Crippen LogP contribution in [0.3, 0.4) is 0 Å². The number of nitrogens with one attached hydrogen (secondary N) is 1. The number of carbonyl (C=O) groups excluding carboxylic acids is 1. The summed E-state index contributed by atoms with van der Waals surface area (Å²) in [6, 6.07) is 9.71.